The molecule has 1 N–H and O–H groups in total. The number of hydrogen-bond donors (Lipinski definition) is 1. The van der Waals surface area contributed by atoms with E-state index in [1.807, 2.05) is 0 Å². The molecule has 0 aliphatic rings. The van der Waals surface area contributed by atoms with E-state index >= 15 is 0 Å². The van der Waals surface area contributed by atoms with Crippen LogP contribution in [0.3, 0.4) is 0 Å². The van der Waals surface area contributed by atoms with Crippen LogP contribution >= 0.6 is 0 Å². The first kappa shape index (κ1) is 41.9. The summed E-state index contributed by atoms with van der Waals surface area (Å²) in [6.07, 6.45) is 44.0. The first-order chi connectivity index (χ1) is 19.3. The van der Waals surface area contributed by atoms with Crippen molar-refractivity contribution in [3.05, 3.63) is 12.2 Å². The quantitative estimate of drug-likeness (QED) is 0.0346. The summed E-state index contributed by atoms with van der Waals surface area (Å²) in [5, 5.41) is 0. The maximum Gasteiger partial charge on any atom is 0.324 e. The zero-order valence-corrected chi connectivity index (χ0v) is 30.6. The van der Waals surface area contributed by atoms with Gasteiger partial charge in [-0.25, -0.2) is 0 Å². The average molecular weight is 615 g/mol. The molecule has 0 bridgehead atoms. The minimum atomic E-state index is -0.0887. The summed E-state index contributed by atoms with van der Waals surface area (Å²) >= 11 is 0. The maximum absolute atomic E-state index is 11.9. The topological polar surface area (TPSA) is 38.3 Å². The summed E-state index contributed by atoms with van der Waals surface area (Å²) in [6.45, 7) is 5.35. The van der Waals surface area contributed by atoms with Crippen LogP contribution < -0.4 is 5.48 Å². The van der Waals surface area contributed by atoms with E-state index in [1.54, 1.807) is 0 Å². The van der Waals surface area contributed by atoms with Crippen LogP contribution in [-0.4, -0.2) is 12.5 Å². The zero-order chi connectivity index (χ0) is 28.3. The fourth-order valence-electron chi connectivity index (χ4n) is 5.27. The smallest absolute Gasteiger partial charge is 0.324 e. The maximum atomic E-state index is 11.9. The Morgan fingerprint density at radius 3 is 1.20 bits per heavy atom. The Hall–Kier alpha value is -0.207. The molecular formula is C36H71NO2Zn. The molecule has 234 valence electrons. The van der Waals surface area contributed by atoms with E-state index in [9.17, 15) is 4.79 Å². The van der Waals surface area contributed by atoms with Gasteiger partial charge in [0, 0.05) is 32.4 Å². The Kier molecular flexibility index (Phi) is 40.7. The molecule has 4 heteroatoms. The van der Waals surface area contributed by atoms with Crippen LogP contribution in [-0.2, 0) is 29.1 Å². The van der Waals surface area contributed by atoms with Gasteiger partial charge in [0.1, 0.15) is 0 Å². The van der Waals surface area contributed by atoms with Gasteiger partial charge in [-0.05, 0) is 38.5 Å². The van der Waals surface area contributed by atoms with E-state index in [2.05, 4.69) is 31.5 Å². The number of unbranched alkanes of at least 4 members (excludes halogenated alkanes) is 26. The number of rotatable bonds is 33. The molecule has 0 spiro atoms. The number of hydroxylamine groups is 1. The van der Waals surface area contributed by atoms with E-state index in [-0.39, 0.29) is 25.4 Å². The van der Waals surface area contributed by atoms with Crippen molar-refractivity contribution in [3.8, 4) is 0 Å². The van der Waals surface area contributed by atoms with Crippen LogP contribution in [0.5, 0.6) is 0 Å². The summed E-state index contributed by atoms with van der Waals surface area (Å²) in [5.74, 6) is -0.0887. The van der Waals surface area contributed by atoms with E-state index < -0.39 is 0 Å². The molecule has 40 heavy (non-hydrogen) atoms. The second kappa shape index (κ2) is 38.8. The van der Waals surface area contributed by atoms with Gasteiger partial charge in [-0.15, -0.1) is 0 Å². The average Bonchev–Trinajstić information content (AvgIpc) is 2.94. The number of carbonyl (C=O) groups excluding carboxylic acids is 1. The Morgan fingerprint density at radius 1 is 0.475 bits per heavy atom. The Morgan fingerprint density at radius 2 is 0.800 bits per heavy atom. The molecule has 0 unspecified atom stereocenters. The number of nitrogens with one attached hydrogen (secondary N) is 1. The van der Waals surface area contributed by atoms with Crippen molar-refractivity contribution in [1.82, 2.24) is 5.48 Å². The minimum absolute atomic E-state index is 0. The van der Waals surface area contributed by atoms with Crippen molar-refractivity contribution in [2.75, 3.05) is 6.54 Å². The van der Waals surface area contributed by atoms with Gasteiger partial charge >= 0.3 is 5.97 Å². The Bertz CT molecular complexity index is 497. The molecular weight excluding hydrogens is 544 g/mol. The molecule has 0 aromatic carbocycles. The van der Waals surface area contributed by atoms with Gasteiger partial charge in [0.05, 0.1) is 0 Å². The van der Waals surface area contributed by atoms with Crippen molar-refractivity contribution in [1.29, 1.82) is 0 Å². The number of allylic oxidation sites excluding steroid dienone is 2. The molecule has 0 fully saturated rings. The fourth-order valence-corrected chi connectivity index (χ4v) is 5.27. The van der Waals surface area contributed by atoms with E-state index in [4.69, 9.17) is 4.84 Å². The van der Waals surface area contributed by atoms with Gasteiger partial charge in [0.15, 0.2) is 0 Å². The standard InChI is InChI=1S/C36H71NO2.Zn/c1-3-5-7-9-11-13-15-17-19-21-23-25-27-29-31-33-35-37-39-36(38)34-32-30-28-26-24-22-20-18-16-14-12-10-8-6-4-2;/h17,19,37H,3-16,18,20-35H2,1-2H3;/b19-17-;. The Balaban J connectivity index is 0. The van der Waals surface area contributed by atoms with Crippen LogP contribution in [0, 0.1) is 0 Å². The third-order valence-electron chi connectivity index (χ3n) is 7.96. The molecule has 3 nitrogen and oxygen atoms in total. The molecule has 0 aliphatic heterocycles. The van der Waals surface area contributed by atoms with Gasteiger partial charge in [-0.1, -0.05) is 174 Å². The van der Waals surface area contributed by atoms with Gasteiger partial charge in [-0.3, -0.25) is 4.79 Å². The first-order valence-corrected chi connectivity index (χ1v) is 17.9. The summed E-state index contributed by atoms with van der Waals surface area (Å²) < 4.78 is 0. The second-order valence-electron chi connectivity index (χ2n) is 12.0. The molecule has 0 amide bonds. The monoisotopic (exact) mass is 613 g/mol. The molecule has 0 aromatic rings. The molecule has 0 aliphatic carbocycles. The van der Waals surface area contributed by atoms with E-state index in [0.29, 0.717) is 6.42 Å². The number of carbonyl (C=O) groups is 1. The van der Waals surface area contributed by atoms with Crippen molar-refractivity contribution < 1.29 is 29.1 Å². The van der Waals surface area contributed by atoms with E-state index in [0.717, 1.165) is 25.8 Å². The van der Waals surface area contributed by atoms with Crippen LogP contribution in [0.4, 0.5) is 0 Å². The summed E-state index contributed by atoms with van der Waals surface area (Å²) in [5.41, 5.74) is 2.88. The van der Waals surface area contributed by atoms with Gasteiger partial charge in [-0.2, -0.15) is 5.48 Å². The molecule has 0 radical (unpaired) electrons. The fraction of sp³-hybridized carbons (Fsp3) is 0.917. The van der Waals surface area contributed by atoms with Crippen molar-refractivity contribution in [2.45, 2.75) is 206 Å². The number of hydrogen-bond acceptors (Lipinski definition) is 3. The van der Waals surface area contributed by atoms with Crippen molar-refractivity contribution in [2.24, 2.45) is 0 Å². The SMILES string of the molecule is CCCCCCCC/C=C\CCCCCCCCNOC(=O)CCCCCCCCCCCCCCCCC.[Zn]. The first-order valence-electron chi connectivity index (χ1n) is 17.9. The van der Waals surface area contributed by atoms with Crippen LogP contribution in [0.2, 0.25) is 0 Å². The van der Waals surface area contributed by atoms with Crippen molar-refractivity contribution >= 4 is 5.97 Å². The molecule has 0 saturated carbocycles. The Labute approximate surface area is 264 Å². The van der Waals surface area contributed by atoms with Gasteiger partial charge in [0.2, 0.25) is 0 Å². The molecule has 0 rings (SSSR count). The van der Waals surface area contributed by atoms with Gasteiger partial charge in [0.25, 0.3) is 0 Å². The molecule has 0 saturated heterocycles. The molecule has 0 heterocycles. The molecule has 0 atom stereocenters. The van der Waals surface area contributed by atoms with Crippen LogP contribution in [0.25, 0.3) is 0 Å². The predicted octanol–water partition coefficient (Wildman–Crippen LogP) is 12.3. The zero-order valence-electron chi connectivity index (χ0n) is 27.6. The summed E-state index contributed by atoms with van der Waals surface area (Å²) in [4.78, 5) is 17.0. The van der Waals surface area contributed by atoms with Crippen molar-refractivity contribution in [3.63, 3.8) is 0 Å². The van der Waals surface area contributed by atoms with Crippen LogP contribution in [0.15, 0.2) is 12.2 Å². The minimum Gasteiger partial charge on any atom is -0.371 e. The third kappa shape index (κ3) is 37.8. The second-order valence-corrected chi connectivity index (χ2v) is 12.0. The normalized spacial score (nSPS) is 11.2. The van der Waals surface area contributed by atoms with Gasteiger partial charge < -0.3 is 4.84 Å². The summed E-state index contributed by atoms with van der Waals surface area (Å²) in [7, 11) is 0. The predicted molar refractivity (Wildman–Crippen MR) is 173 cm³/mol. The van der Waals surface area contributed by atoms with Crippen LogP contribution in [0.1, 0.15) is 206 Å². The molecule has 0 aromatic heterocycles. The third-order valence-corrected chi connectivity index (χ3v) is 7.96. The largest absolute Gasteiger partial charge is 0.371 e. The van der Waals surface area contributed by atoms with E-state index in [1.165, 1.54) is 167 Å². The summed E-state index contributed by atoms with van der Waals surface area (Å²) in [6, 6.07) is 0.